The molecule has 1 aromatic carbocycles. The van der Waals surface area contributed by atoms with Crippen molar-refractivity contribution in [2.75, 3.05) is 19.5 Å². The van der Waals surface area contributed by atoms with Crippen LogP contribution in [0.2, 0.25) is 0 Å². The normalized spacial score (nSPS) is 13.5. The van der Waals surface area contributed by atoms with Crippen LogP contribution in [0.1, 0.15) is 13.8 Å². The quantitative estimate of drug-likeness (QED) is 0.664. The summed E-state index contributed by atoms with van der Waals surface area (Å²) < 4.78 is 32.0. The lowest BCUT2D eigenvalue weighted by molar-refractivity contribution is 0.227. The van der Waals surface area contributed by atoms with Crippen LogP contribution in [0.25, 0.3) is 0 Å². The van der Waals surface area contributed by atoms with Crippen LogP contribution >= 0.6 is 0 Å². The van der Waals surface area contributed by atoms with Gasteiger partial charge >= 0.3 is 0 Å². The first-order chi connectivity index (χ1) is 8.81. The van der Waals surface area contributed by atoms with Crippen LogP contribution in [0.3, 0.4) is 0 Å². The number of methoxy groups -OCH3 is 1. The van der Waals surface area contributed by atoms with Gasteiger partial charge in [-0.25, -0.2) is 13.1 Å². The minimum absolute atomic E-state index is 0.0332. The lowest BCUT2D eigenvalue weighted by Gasteiger charge is -2.20. The van der Waals surface area contributed by atoms with E-state index in [0.717, 1.165) is 0 Å². The van der Waals surface area contributed by atoms with E-state index in [1.165, 1.54) is 19.2 Å². The molecule has 0 saturated carbocycles. The van der Waals surface area contributed by atoms with Crippen molar-refractivity contribution in [3.63, 3.8) is 0 Å². The third kappa shape index (κ3) is 3.82. The van der Waals surface area contributed by atoms with E-state index in [-0.39, 0.29) is 23.2 Å². The van der Waals surface area contributed by atoms with Crippen molar-refractivity contribution < 1.29 is 18.3 Å². The number of nitrogens with two attached hydrogens (primary N) is 1. The van der Waals surface area contributed by atoms with Crippen LogP contribution in [-0.2, 0) is 10.0 Å². The Kier molecular flexibility index (Phi) is 5.16. The molecule has 1 aromatic rings. The van der Waals surface area contributed by atoms with Gasteiger partial charge in [-0.1, -0.05) is 13.8 Å². The molecule has 4 N–H and O–H groups in total. The standard InChI is InChI=1S/C12H20N2O4S/c1-8(2)10(7-15)14-19(16,17)12-6-9(13)4-5-11(12)18-3/h4-6,8,10,14-15H,7,13H2,1-3H3. The zero-order valence-electron chi connectivity index (χ0n) is 11.3. The number of benzene rings is 1. The monoisotopic (exact) mass is 288 g/mol. The van der Waals surface area contributed by atoms with Gasteiger partial charge in [-0.3, -0.25) is 0 Å². The van der Waals surface area contributed by atoms with Crippen molar-refractivity contribution in [2.24, 2.45) is 5.92 Å². The molecule has 0 radical (unpaired) electrons. The first-order valence-corrected chi connectivity index (χ1v) is 7.37. The Morgan fingerprint density at radius 1 is 1.42 bits per heavy atom. The van der Waals surface area contributed by atoms with Crippen LogP contribution in [-0.4, -0.2) is 33.3 Å². The number of aliphatic hydroxyl groups is 1. The summed E-state index contributed by atoms with van der Waals surface area (Å²) in [5, 5.41) is 9.20. The Hall–Kier alpha value is -1.31. The third-order valence-corrected chi connectivity index (χ3v) is 4.30. The molecule has 7 heteroatoms. The maximum Gasteiger partial charge on any atom is 0.244 e. The number of nitrogens with one attached hydrogen (secondary N) is 1. The second-order valence-electron chi connectivity index (χ2n) is 4.56. The molecule has 0 bridgehead atoms. The highest BCUT2D eigenvalue weighted by atomic mass is 32.2. The summed E-state index contributed by atoms with van der Waals surface area (Å²) in [6, 6.07) is 3.82. The van der Waals surface area contributed by atoms with Crippen LogP contribution in [0.15, 0.2) is 23.1 Å². The topological polar surface area (TPSA) is 102 Å². The average Bonchev–Trinajstić information content (AvgIpc) is 2.35. The number of nitrogen functional groups attached to an aromatic ring is 1. The molecule has 1 rings (SSSR count). The molecule has 0 fully saturated rings. The van der Waals surface area contributed by atoms with Gasteiger partial charge in [-0.2, -0.15) is 0 Å². The summed E-state index contributed by atoms with van der Waals surface area (Å²) in [6.07, 6.45) is 0. The van der Waals surface area contributed by atoms with E-state index < -0.39 is 16.1 Å². The summed E-state index contributed by atoms with van der Waals surface area (Å²) in [7, 11) is -2.41. The highest BCUT2D eigenvalue weighted by Crippen LogP contribution is 2.26. The van der Waals surface area contributed by atoms with E-state index in [2.05, 4.69) is 4.72 Å². The number of aliphatic hydroxyl groups excluding tert-OH is 1. The molecule has 108 valence electrons. The van der Waals surface area contributed by atoms with E-state index in [1.54, 1.807) is 6.07 Å². The summed E-state index contributed by atoms with van der Waals surface area (Å²) in [4.78, 5) is -0.0332. The van der Waals surface area contributed by atoms with E-state index >= 15 is 0 Å². The molecule has 1 atom stereocenters. The van der Waals surface area contributed by atoms with E-state index in [4.69, 9.17) is 10.5 Å². The minimum atomic E-state index is -3.80. The van der Waals surface area contributed by atoms with Gasteiger partial charge in [-0.15, -0.1) is 0 Å². The molecule has 0 aliphatic heterocycles. The molecule has 0 aliphatic carbocycles. The van der Waals surface area contributed by atoms with Crippen LogP contribution < -0.4 is 15.2 Å². The van der Waals surface area contributed by atoms with Crippen LogP contribution in [0.4, 0.5) is 5.69 Å². The second-order valence-corrected chi connectivity index (χ2v) is 6.25. The summed E-state index contributed by atoms with van der Waals surface area (Å²) >= 11 is 0. The van der Waals surface area contributed by atoms with Gasteiger partial charge in [0.1, 0.15) is 10.6 Å². The third-order valence-electron chi connectivity index (χ3n) is 2.79. The fraction of sp³-hybridized carbons (Fsp3) is 0.500. The van der Waals surface area contributed by atoms with Gasteiger partial charge in [-0.05, 0) is 24.1 Å². The first kappa shape index (κ1) is 15.7. The van der Waals surface area contributed by atoms with Gasteiger partial charge < -0.3 is 15.6 Å². The van der Waals surface area contributed by atoms with Crippen molar-refractivity contribution in [1.82, 2.24) is 4.72 Å². The largest absolute Gasteiger partial charge is 0.495 e. The molecular weight excluding hydrogens is 268 g/mol. The van der Waals surface area contributed by atoms with Gasteiger partial charge in [0.25, 0.3) is 0 Å². The Balaban J connectivity index is 3.16. The molecule has 0 heterocycles. The molecule has 0 saturated heterocycles. The molecule has 0 aromatic heterocycles. The molecule has 19 heavy (non-hydrogen) atoms. The Morgan fingerprint density at radius 3 is 2.53 bits per heavy atom. The maximum atomic E-state index is 12.3. The van der Waals surface area contributed by atoms with Crippen molar-refractivity contribution in [3.8, 4) is 5.75 Å². The van der Waals surface area contributed by atoms with Gasteiger partial charge in [0.15, 0.2) is 0 Å². The Morgan fingerprint density at radius 2 is 2.05 bits per heavy atom. The van der Waals surface area contributed by atoms with E-state index in [9.17, 15) is 13.5 Å². The second kappa shape index (κ2) is 6.23. The predicted octanol–water partition coefficient (Wildman–Crippen LogP) is 0.573. The van der Waals surface area contributed by atoms with Crippen molar-refractivity contribution in [3.05, 3.63) is 18.2 Å². The number of ether oxygens (including phenoxy) is 1. The van der Waals surface area contributed by atoms with Crippen molar-refractivity contribution in [2.45, 2.75) is 24.8 Å². The summed E-state index contributed by atoms with van der Waals surface area (Å²) in [6.45, 7) is 3.36. The van der Waals surface area contributed by atoms with Gasteiger partial charge in [0.2, 0.25) is 10.0 Å². The molecule has 0 spiro atoms. The summed E-state index contributed by atoms with van der Waals surface area (Å²) in [5.74, 6) is 0.175. The highest BCUT2D eigenvalue weighted by molar-refractivity contribution is 7.89. The van der Waals surface area contributed by atoms with Crippen molar-refractivity contribution in [1.29, 1.82) is 0 Å². The lowest BCUT2D eigenvalue weighted by atomic mass is 10.1. The number of sulfonamides is 1. The van der Waals surface area contributed by atoms with Crippen LogP contribution in [0, 0.1) is 5.92 Å². The number of rotatable bonds is 6. The maximum absolute atomic E-state index is 12.3. The number of hydrogen-bond donors (Lipinski definition) is 3. The molecule has 1 unspecified atom stereocenters. The van der Waals surface area contributed by atoms with Crippen LogP contribution in [0.5, 0.6) is 5.75 Å². The Bertz CT molecular complexity index is 529. The number of anilines is 1. The SMILES string of the molecule is COc1ccc(N)cc1S(=O)(=O)NC(CO)C(C)C. The Labute approximate surface area is 113 Å². The zero-order chi connectivity index (χ0) is 14.6. The molecule has 6 nitrogen and oxygen atoms in total. The summed E-state index contributed by atoms with van der Waals surface area (Å²) in [5.41, 5.74) is 5.93. The van der Waals surface area contributed by atoms with Gasteiger partial charge in [0.05, 0.1) is 13.7 Å². The average molecular weight is 288 g/mol. The minimum Gasteiger partial charge on any atom is -0.495 e. The molecule has 0 aliphatic rings. The van der Waals surface area contributed by atoms with E-state index in [0.29, 0.717) is 5.69 Å². The number of hydrogen-bond acceptors (Lipinski definition) is 5. The zero-order valence-corrected chi connectivity index (χ0v) is 12.1. The van der Waals surface area contributed by atoms with Gasteiger partial charge in [0, 0.05) is 11.7 Å². The lowest BCUT2D eigenvalue weighted by Crippen LogP contribution is -2.41. The molecular formula is C12H20N2O4S. The predicted molar refractivity (Wildman–Crippen MR) is 73.4 cm³/mol. The first-order valence-electron chi connectivity index (χ1n) is 5.88. The fourth-order valence-electron chi connectivity index (χ4n) is 1.55. The molecule has 0 amide bonds. The van der Waals surface area contributed by atoms with Crippen molar-refractivity contribution >= 4 is 15.7 Å². The van der Waals surface area contributed by atoms with E-state index in [1.807, 2.05) is 13.8 Å². The smallest absolute Gasteiger partial charge is 0.244 e. The highest BCUT2D eigenvalue weighted by Gasteiger charge is 2.25. The fourth-order valence-corrected chi connectivity index (χ4v) is 3.13.